The molecule has 4 aromatic rings. The van der Waals surface area contributed by atoms with Gasteiger partial charge in [0, 0.05) is 13.1 Å². The number of nitrogens with one attached hydrogen (secondary N) is 1. The maximum absolute atomic E-state index is 14.3. The lowest BCUT2D eigenvalue weighted by molar-refractivity contribution is -0.140. The third-order valence-corrected chi connectivity index (χ3v) is 9.43. The van der Waals surface area contributed by atoms with Crippen molar-refractivity contribution in [2.75, 3.05) is 17.4 Å². The number of sulfonamides is 1. The Balaban J connectivity index is 1.71. The van der Waals surface area contributed by atoms with E-state index < -0.39 is 28.5 Å². The normalized spacial score (nSPS) is 11.8. The van der Waals surface area contributed by atoms with Crippen molar-refractivity contribution < 1.29 is 22.7 Å². The predicted molar refractivity (Wildman–Crippen MR) is 182 cm³/mol. The molecule has 0 spiro atoms. The van der Waals surface area contributed by atoms with Gasteiger partial charge in [-0.1, -0.05) is 86.0 Å². The second-order valence-corrected chi connectivity index (χ2v) is 13.2. The fourth-order valence-electron chi connectivity index (χ4n) is 5.10. The highest BCUT2D eigenvalue weighted by atomic mass is 32.2. The summed E-state index contributed by atoms with van der Waals surface area (Å²) in [6.45, 7) is 7.90. The lowest BCUT2D eigenvalue weighted by atomic mass is 10.1. The highest BCUT2D eigenvalue weighted by Gasteiger charge is 2.33. The molecule has 1 atom stereocenters. The number of unbranched alkanes of at least 4 members (excludes halogenated alkanes) is 1. The number of benzene rings is 4. The molecule has 8 nitrogen and oxygen atoms in total. The molecule has 0 aliphatic carbocycles. The number of rotatable bonds is 15. The Hall–Kier alpha value is -4.63. The molecule has 242 valence electrons. The molecule has 9 heteroatoms. The Labute approximate surface area is 273 Å². The third-order valence-electron chi connectivity index (χ3n) is 7.64. The quantitative estimate of drug-likeness (QED) is 0.141. The molecule has 2 amide bonds. The van der Waals surface area contributed by atoms with Crippen molar-refractivity contribution in [3.63, 3.8) is 0 Å². The van der Waals surface area contributed by atoms with Crippen molar-refractivity contribution >= 4 is 27.5 Å². The minimum Gasteiger partial charge on any atom is -0.457 e. The number of aryl methyl sites for hydroxylation is 2. The Morgan fingerprint density at radius 2 is 1.48 bits per heavy atom. The molecule has 0 radical (unpaired) electrons. The summed E-state index contributed by atoms with van der Waals surface area (Å²) in [6.07, 6.45) is 2.11. The first-order valence-corrected chi connectivity index (χ1v) is 17.1. The molecule has 1 N–H and O–H groups in total. The van der Waals surface area contributed by atoms with Crippen LogP contribution in [0.1, 0.15) is 49.8 Å². The zero-order chi connectivity index (χ0) is 33.1. The van der Waals surface area contributed by atoms with Gasteiger partial charge in [-0.2, -0.15) is 0 Å². The summed E-state index contributed by atoms with van der Waals surface area (Å²) in [5.41, 5.74) is 3.08. The van der Waals surface area contributed by atoms with Gasteiger partial charge < -0.3 is 15.0 Å². The molecule has 0 aliphatic heterocycles. The highest BCUT2D eigenvalue weighted by Crippen LogP contribution is 2.29. The van der Waals surface area contributed by atoms with Crippen molar-refractivity contribution in [2.45, 2.75) is 64.4 Å². The molecule has 0 aromatic heterocycles. The molecule has 0 saturated carbocycles. The monoisotopic (exact) mass is 641 g/mol. The summed E-state index contributed by atoms with van der Waals surface area (Å²) < 4.78 is 35.4. The second kappa shape index (κ2) is 16.1. The van der Waals surface area contributed by atoms with Crippen molar-refractivity contribution in [2.24, 2.45) is 0 Å². The number of carbonyl (C=O) groups excluding carboxylic acids is 2. The van der Waals surface area contributed by atoms with Gasteiger partial charge in [0.05, 0.1) is 10.6 Å². The molecular weight excluding hydrogens is 598 g/mol. The second-order valence-electron chi connectivity index (χ2n) is 11.3. The van der Waals surface area contributed by atoms with E-state index in [1.165, 1.54) is 17.0 Å². The molecule has 0 fully saturated rings. The van der Waals surface area contributed by atoms with Gasteiger partial charge in [-0.15, -0.1) is 0 Å². The van der Waals surface area contributed by atoms with E-state index in [0.717, 1.165) is 33.8 Å². The van der Waals surface area contributed by atoms with Crippen molar-refractivity contribution in [1.29, 1.82) is 0 Å². The summed E-state index contributed by atoms with van der Waals surface area (Å²) in [5, 5.41) is 2.96. The van der Waals surface area contributed by atoms with Crippen LogP contribution in [0.4, 0.5) is 5.69 Å². The number of hydrogen-bond acceptors (Lipinski definition) is 5. The number of hydrogen-bond donors (Lipinski definition) is 1. The fourth-order valence-corrected chi connectivity index (χ4v) is 6.52. The van der Waals surface area contributed by atoms with Gasteiger partial charge in [0.2, 0.25) is 11.8 Å². The van der Waals surface area contributed by atoms with E-state index in [1.807, 2.05) is 82.3 Å². The van der Waals surface area contributed by atoms with Gasteiger partial charge in [-0.05, 0) is 80.8 Å². The average molecular weight is 642 g/mol. The summed E-state index contributed by atoms with van der Waals surface area (Å²) in [7, 11) is -4.18. The minimum absolute atomic E-state index is 0.0603. The van der Waals surface area contributed by atoms with Crippen LogP contribution in [0, 0.1) is 13.8 Å². The van der Waals surface area contributed by atoms with Crippen LogP contribution >= 0.6 is 0 Å². The van der Waals surface area contributed by atoms with Crippen molar-refractivity contribution in [3.8, 4) is 11.5 Å². The molecule has 0 unspecified atom stereocenters. The first-order valence-electron chi connectivity index (χ1n) is 15.7. The largest absolute Gasteiger partial charge is 0.457 e. The molecule has 4 rings (SSSR count). The molecule has 0 heterocycles. The van der Waals surface area contributed by atoms with E-state index in [0.29, 0.717) is 30.2 Å². The van der Waals surface area contributed by atoms with Crippen molar-refractivity contribution in [3.05, 3.63) is 120 Å². The zero-order valence-corrected chi connectivity index (χ0v) is 27.8. The smallest absolute Gasteiger partial charge is 0.264 e. The van der Waals surface area contributed by atoms with Crippen LogP contribution in [-0.4, -0.2) is 44.3 Å². The standard InChI is InChI=1S/C37H43N3O5S/c1-5-7-24-38-37(42)35(6-2)39(26-30-13-11-12-29(4)25-30)36(41)27-40(46(43,44)34-22-16-28(3)17-23-34)31-18-20-33(21-19-31)45-32-14-9-8-10-15-32/h8-23,25,35H,5-7,24,26-27H2,1-4H3,(H,38,42)/t35-/m1/s1. The predicted octanol–water partition coefficient (Wildman–Crippen LogP) is 7.01. The van der Waals surface area contributed by atoms with Gasteiger partial charge >= 0.3 is 0 Å². The number of ether oxygens (including phenoxy) is 1. The maximum Gasteiger partial charge on any atom is 0.264 e. The SMILES string of the molecule is CCCCNC(=O)[C@@H](CC)N(Cc1cccc(C)c1)C(=O)CN(c1ccc(Oc2ccccc2)cc1)S(=O)(=O)c1ccc(C)cc1. The Morgan fingerprint density at radius 1 is 0.804 bits per heavy atom. The molecule has 4 aromatic carbocycles. The number of amides is 2. The maximum atomic E-state index is 14.3. The van der Waals surface area contributed by atoms with E-state index in [9.17, 15) is 18.0 Å². The Morgan fingerprint density at radius 3 is 2.11 bits per heavy atom. The van der Waals surface area contributed by atoms with Crippen LogP contribution in [0.25, 0.3) is 0 Å². The highest BCUT2D eigenvalue weighted by molar-refractivity contribution is 7.92. The van der Waals surface area contributed by atoms with Crippen LogP contribution in [0.2, 0.25) is 0 Å². The van der Waals surface area contributed by atoms with Gasteiger partial charge in [0.25, 0.3) is 10.0 Å². The summed E-state index contributed by atoms with van der Waals surface area (Å²) in [4.78, 5) is 29.3. The number of carbonyl (C=O) groups is 2. The lowest BCUT2D eigenvalue weighted by Crippen LogP contribution is -2.52. The summed E-state index contributed by atoms with van der Waals surface area (Å²) in [5.74, 6) is 0.417. The Bertz CT molecular complexity index is 1690. The summed E-state index contributed by atoms with van der Waals surface area (Å²) >= 11 is 0. The zero-order valence-electron chi connectivity index (χ0n) is 27.0. The lowest BCUT2D eigenvalue weighted by Gasteiger charge is -2.33. The van der Waals surface area contributed by atoms with Crippen LogP contribution in [0.15, 0.2) is 108 Å². The molecular formula is C37H43N3O5S. The third kappa shape index (κ3) is 8.97. The van der Waals surface area contributed by atoms with E-state index in [1.54, 1.807) is 36.4 Å². The van der Waals surface area contributed by atoms with Crippen LogP contribution in [0.3, 0.4) is 0 Å². The summed E-state index contributed by atoms with van der Waals surface area (Å²) in [6, 6.07) is 29.3. The average Bonchev–Trinajstić information content (AvgIpc) is 3.04. The van der Waals surface area contributed by atoms with Gasteiger partial charge in [0.15, 0.2) is 0 Å². The fraction of sp³-hybridized carbons (Fsp3) is 0.297. The molecule has 46 heavy (non-hydrogen) atoms. The van der Waals surface area contributed by atoms with Crippen LogP contribution < -0.4 is 14.4 Å². The number of anilines is 1. The number of nitrogens with zero attached hydrogens (tertiary/aromatic N) is 2. The van der Waals surface area contributed by atoms with Crippen molar-refractivity contribution in [1.82, 2.24) is 10.2 Å². The van der Waals surface area contributed by atoms with Gasteiger partial charge in [-0.25, -0.2) is 8.42 Å². The first-order chi connectivity index (χ1) is 22.1. The van der Waals surface area contributed by atoms with E-state index >= 15 is 0 Å². The van der Waals surface area contributed by atoms with E-state index in [-0.39, 0.29) is 17.3 Å². The van der Waals surface area contributed by atoms with E-state index in [2.05, 4.69) is 5.32 Å². The van der Waals surface area contributed by atoms with Crippen LogP contribution in [0.5, 0.6) is 11.5 Å². The minimum atomic E-state index is -4.18. The first kappa shape index (κ1) is 34.2. The number of para-hydroxylation sites is 1. The molecule has 0 aliphatic rings. The van der Waals surface area contributed by atoms with E-state index in [4.69, 9.17) is 4.74 Å². The molecule has 0 saturated heterocycles. The Kier molecular flexibility index (Phi) is 12.0. The molecule has 0 bridgehead atoms. The topological polar surface area (TPSA) is 96.0 Å². The van der Waals surface area contributed by atoms with Crippen LogP contribution in [-0.2, 0) is 26.2 Å². The van der Waals surface area contributed by atoms with Gasteiger partial charge in [0.1, 0.15) is 24.1 Å². The van der Waals surface area contributed by atoms with Gasteiger partial charge in [-0.3, -0.25) is 13.9 Å².